The Bertz CT molecular complexity index is 684. The zero-order chi connectivity index (χ0) is 23.1. The van der Waals surface area contributed by atoms with E-state index in [1.165, 1.54) is 0 Å². The largest absolute Gasteiger partial charge is 0.481 e. The molecule has 0 aliphatic heterocycles. The third-order valence-electron chi connectivity index (χ3n) is 7.51. The summed E-state index contributed by atoms with van der Waals surface area (Å²) in [7, 11) is 0. The van der Waals surface area contributed by atoms with Crippen LogP contribution < -0.4 is 11.5 Å². The maximum Gasteiger partial charge on any atom is 0.307 e. The second-order valence-corrected chi connectivity index (χ2v) is 8.74. The van der Waals surface area contributed by atoms with Crippen molar-refractivity contribution in [1.82, 2.24) is 0 Å². The lowest BCUT2D eigenvalue weighted by Crippen LogP contribution is -2.45. The molecule has 0 heterocycles. The summed E-state index contributed by atoms with van der Waals surface area (Å²) in [5, 5.41) is 18.7. The van der Waals surface area contributed by atoms with Crippen molar-refractivity contribution in [2.75, 3.05) is 13.5 Å². The third kappa shape index (κ3) is 5.74. The van der Waals surface area contributed by atoms with E-state index in [0.29, 0.717) is 25.7 Å². The summed E-state index contributed by atoms with van der Waals surface area (Å²) in [5.41, 5.74) is 9.67. The van der Waals surface area contributed by atoms with Gasteiger partial charge >= 0.3 is 23.9 Å². The van der Waals surface area contributed by atoms with E-state index in [-0.39, 0.29) is 56.4 Å². The van der Waals surface area contributed by atoms with E-state index in [2.05, 4.69) is 0 Å². The normalized spacial score (nSPS) is 29.0. The predicted octanol–water partition coefficient (Wildman–Crippen LogP) is 1.60. The van der Waals surface area contributed by atoms with Gasteiger partial charge in [0, 0.05) is 25.7 Å². The quantitative estimate of drug-likeness (QED) is 0.228. The second kappa shape index (κ2) is 10.9. The smallest absolute Gasteiger partial charge is 0.307 e. The molecule has 2 bridgehead atoms. The number of hydrogen-bond acceptors (Lipinski definition) is 8. The van der Waals surface area contributed by atoms with Crippen LogP contribution >= 0.6 is 0 Å². The fourth-order valence-electron chi connectivity index (χ4n) is 6.43. The van der Waals surface area contributed by atoms with E-state index in [1.807, 2.05) is 0 Å². The number of fused-ring (bicyclic) bond motifs is 2. The molecule has 0 aromatic carbocycles. The molecule has 10 nitrogen and oxygen atoms in total. The van der Waals surface area contributed by atoms with Gasteiger partial charge < -0.3 is 19.7 Å². The maximum atomic E-state index is 12.1. The summed E-state index contributed by atoms with van der Waals surface area (Å²) >= 11 is 0. The van der Waals surface area contributed by atoms with E-state index in [4.69, 9.17) is 20.9 Å². The second-order valence-electron chi connectivity index (χ2n) is 8.74. The SMILES string of the molecule is NCOC(=O)CCC12CCC(C1)C(CCC(=O)O)C2(CCC(=O)O)CCC(=O)OCN. The molecule has 2 rings (SSSR count). The summed E-state index contributed by atoms with van der Waals surface area (Å²) in [6.45, 7) is -0.438. The molecule has 2 aliphatic carbocycles. The average molecular weight is 443 g/mol. The summed E-state index contributed by atoms with van der Waals surface area (Å²) in [4.78, 5) is 46.9. The molecule has 0 aromatic rings. The fourth-order valence-corrected chi connectivity index (χ4v) is 6.43. The van der Waals surface area contributed by atoms with Crippen LogP contribution in [0.3, 0.4) is 0 Å². The molecule has 176 valence electrons. The highest BCUT2D eigenvalue weighted by atomic mass is 16.5. The summed E-state index contributed by atoms with van der Waals surface area (Å²) in [5.74, 6) is -2.52. The van der Waals surface area contributed by atoms with Crippen LogP contribution in [0.25, 0.3) is 0 Å². The van der Waals surface area contributed by atoms with Gasteiger partial charge in [0.25, 0.3) is 0 Å². The first-order valence-corrected chi connectivity index (χ1v) is 10.8. The monoisotopic (exact) mass is 442 g/mol. The lowest BCUT2D eigenvalue weighted by molar-refractivity contribution is -0.149. The number of aliphatic carboxylic acids is 2. The molecule has 0 aromatic heterocycles. The van der Waals surface area contributed by atoms with E-state index < -0.39 is 29.3 Å². The highest BCUT2D eigenvalue weighted by Crippen LogP contribution is 2.73. The van der Waals surface area contributed by atoms with Crippen molar-refractivity contribution in [1.29, 1.82) is 0 Å². The molecule has 2 aliphatic rings. The Balaban J connectivity index is 2.37. The topological polar surface area (TPSA) is 179 Å². The number of esters is 2. The third-order valence-corrected chi connectivity index (χ3v) is 7.51. The summed E-state index contributed by atoms with van der Waals surface area (Å²) in [6, 6.07) is 0. The average Bonchev–Trinajstić information content (AvgIpc) is 3.24. The Morgan fingerprint density at radius 1 is 0.839 bits per heavy atom. The molecule has 31 heavy (non-hydrogen) atoms. The minimum Gasteiger partial charge on any atom is -0.481 e. The Hall–Kier alpha value is -2.20. The number of ether oxygens (including phenoxy) is 2. The fraction of sp³-hybridized carbons (Fsp3) is 0.810. The van der Waals surface area contributed by atoms with Gasteiger partial charge in [-0.25, -0.2) is 0 Å². The Morgan fingerprint density at radius 3 is 1.94 bits per heavy atom. The zero-order valence-electron chi connectivity index (χ0n) is 17.8. The van der Waals surface area contributed by atoms with Gasteiger partial charge in [0.05, 0.1) is 0 Å². The number of carbonyl (C=O) groups excluding carboxylic acids is 2. The molecule has 0 spiro atoms. The Morgan fingerprint density at radius 2 is 1.39 bits per heavy atom. The van der Waals surface area contributed by atoms with Gasteiger partial charge in [-0.1, -0.05) is 0 Å². The molecule has 10 heteroatoms. The van der Waals surface area contributed by atoms with Crippen LogP contribution in [0.1, 0.15) is 70.6 Å². The standard InChI is InChI=1S/C21H34N2O8/c22-12-30-18(28)5-8-20-7-3-14(11-20)15(1-2-16(24)25)21(20,9-4-17(26)27)10-6-19(29)31-13-23/h14-15H,1-13,22-23H2,(H,24,25)(H,26,27). The van der Waals surface area contributed by atoms with Gasteiger partial charge in [-0.15, -0.1) is 0 Å². The molecular weight excluding hydrogens is 408 g/mol. The number of hydrogen-bond donors (Lipinski definition) is 4. The number of carboxylic acids is 2. The zero-order valence-corrected chi connectivity index (χ0v) is 17.8. The van der Waals surface area contributed by atoms with Gasteiger partial charge in [-0.2, -0.15) is 0 Å². The van der Waals surface area contributed by atoms with Crippen molar-refractivity contribution in [2.24, 2.45) is 34.1 Å². The summed E-state index contributed by atoms with van der Waals surface area (Å²) in [6.07, 6.45) is 4.24. The first-order chi connectivity index (χ1) is 14.7. The predicted molar refractivity (Wildman–Crippen MR) is 108 cm³/mol. The molecule has 0 amide bonds. The highest BCUT2D eigenvalue weighted by Gasteiger charge is 2.65. The molecule has 4 atom stereocenters. The first-order valence-electron chi connectivity index (χ1n) is 10.8. The van der Waals surface area contributed by atoms with Gasteiger partial charge in [0.1, 0.15) is 13.5 Å². The van der Waals surface area contributed by atoms with Crippen molar-refractivity contribution in [3.05, 3.63) is 0 Å². The summed E-state index contributed by atoms with van der Waals surface area (Å²) < 4.78 is 9.78. The molecule has 0 radical (unpaired) electrons. The molecule has 4 unspecified atom stereocenters. The van der Waals surface area contributed by atoms with Crippen LogP contribution in [0, 0.1) is 22.7 Å². The van der Waals surface area contributed by atoms with Crippen molar-refractivity contribution in [3.8, 4) is 0 Å². The minimum atomic E-state index is -0.943. The van der Waals surface area contributed by atoms with Crippen LogP contribution in [0.2, 0.25) is 0 Å². The number of nitrogens with two attached hydrogens (primary N) is 2. The van der Waals surface area contributed by atoms with Crippen LogP contribution in [-0.4, -0.2) is 47.6 Å². The van der Waals surface area contributed by atoms with Crippen LogP contribution in [0.15, 0.2) is 0 Å². The van der Waals surface area contributed by atoms with Gasteiger partial charge in [-0.3, -0.25) is 30.6 Å². The lowest BCUT2D eigenvalue weighted by atomic mass is 9.52. The number of rotatable bonds is 14. The lowest BCUT2D eigenvalue weighted by Gasteiger charge is -2.52. The van der Waals surface area contributed by atoms with Gasteiger partial charge in [0.2, 0.25) is 0 Å². The van der Waals surface area contributed by atoms with Crippen molar-refractivity contribution >= 4 is 23.9 Å². The maximum absolute atomic E-state index is 12.1. The molecule has 6 N–H and O–H groups in total. The highest BCUT2D eigenvalue weighted by molar-refractivity contribution is 5.70. The molecule has 2 saturated carbocycles. The Kier molecular flexibility index (Phi) is 8.81. The van der Waals surface area contributed by atoms with Gasteiger partial charge in [0.15, 0.2) is 0 Å². The van der Waals surface area contributed by atoms with Gasteiger partial charge in [-0.05, 0) is 67.6 Å². The minimum absolute atomic E-state index is 0.0193. The van der Waals surface area contributed by atoms with E-state index in [9.17, 15) is 29.4 Å². The molecular formula is C21H34N2O8. The number of carbonyl (C=O) groups is 4. The van der Waals surface area contributed by atoms with Crippen LogP contribution in [0.5, 0.6) is 0 Å². The van der Waals surface area contributed by atoms with E-state index in [0.717, 1.165) is 19.3 Å². The van der Waals surface area contributed by atoms with Crippen molar-refractivity contribution in [2.45, 2.75) is 70.6 Å². The molecule has 0 saturated heterocycles. The molecule has 2 fully saturated rings. The van der Waals surface area contributed by atoms with Crippen molar-refractivity contribution < 1.29 is 38.9 Å². The Labute approximate surface area is 181 Å². The van der Waals surface area contributed by atoms with E-state index >= 15 is 0 Å². The van der Waals surface area contributed by atoms with Crippen LogP contribution in [-0.2, 0) is 28.7 Å². The van der Waals surface area contributed by atoms with Crippen LogP contribution in [0.4, 0.5) is 0 Å². The number of carboxylic acid groups (broad SMARTS) is 2. The van der Waals surface area contributed by atoms with Crippen molar-refractivity contribution in [3.63, 3.8) is 0 Å². The first kappa shape index (κ1) is 25.1. The van der Waals surface area contributed by atoms with E-state index in [1.54, 1.807) is 0 Å².